The fourth-order valence-electron chi connectivity index (χ4n) is 10.9. The lowest BCUT2D eigenvalue weighted by molar-refractivity contribution is -0.359. The van der Waals surface area contributed by atoms with Crippen molar-refractivity contribution in [3.05, 3.63) is 85.1 Å². The van der Waals surface area contributed by atoms with Gasteiger partial charge in [0.25, 0.3) is 0 Å². The van der Waals surface area contributed by atoms with Gasteiger partial charge in [0.05, 0.1) is 32.0 Å². The van der Waals surface area contributed by atoms with Crippen molar-refractivity contribution in [1.82, 2.24) is 5.32 Å². The number of carbonyl (C=O) groups is 1. The van der Waals surface area contributed by atoms with E-state index in [-0.39, 0.29) is 18.9 Å². The molecule has 0 aromatic carbocycles. The van der Waals surface area contributed by atoms with Crippen LogP contribution in [0.1, 0.15) is 264 Å². The summed E-state index contributed by atoms with van der Waals surface area (Å²) in [7, 11) is 0. The summed E-state index contributed by atoms with van der Waals surface area (Å²) in [5, 5.41) is 86.9. The summed E-state index contributed by atoms with van der Waals surface area (Å²) in [6.45, 7) is 2.53. The first kappa shape index (κ1) is 78.3. The van der Waals surface area contributed by atoms with Gasteiger partial charge in [-0.05, 0) is 77.0 Å². The summed E-state index contributed by atoms with van der Waals surface area (Å²) in [4.78, 5) is 13.2. The molecule has 0 spiro atoms. The first-order chi connectivity index (χ1) is 41.6. The Morgan fingerprint density at radius 2 is 0.788 bits per heavy atom. The standard InChI is InChI=1S/C71H125NO13/c1-3-5-7-9-11-13-15-16-17-18-19-20-21-22-23-24-25-26-27-28-29-30-31-32-33-34-35-36-37-38-39-40-41-42-43-44-45-47-49-51-53-55-63(76)72-59(60(75)54-52-50-48-46-14-12-10-8-6-4-2)58-82-70-68(81)66(79)69(62(57-74)84-70)85-71-67(80)65(78)64(77)61(56-73)83-71/h5-8,11,13-14,16-17,19-20,46,52,54,59-62,64-71,73-75,77-81H,3-4,9-10,12,15,18,21-45,47-51,53,55-58H2,1-2H3,(H,72,76)/b7-5-,8-6+,13-11-,17-16-,20-19-,46-14+,54-52+. The number of amides is 1. The van der Waals surface area contributed by atoms with E-state index in [4.69, 9.17) is 18.9 Å². The van der Waals surface area contributed by atoms with Crippen molar-refractivity contribution in [3.63, 3.8) is 0 Å². The molecule has 9 N–H and O–H groups in total. The summed E-state index contributed by atoms with van der Waals surface area (Å²) in [6.07, 6.45) is 59.9. The van der Waals surface area contributed by atoms with E-state index < -0.39 is 86.8 Å². The third-order valence-electron chi connectivity index (χ3n) is 16.3. The number of hydrogen-bond acceptors (Lipinski definition) is 13. The summed E-state index contributed by atoms with van der Waals surface area (Å²) in [5.41, 5.74) is 0. The molecule has 0 saturated carbocycles. The third-order valence-corrected chi connectivity index (χ3v) is 16.3. The van der Waals surface area contributed by atoms with E-state index in [2.05, 4.69) is 92.1 Å². The van der Waals surface area contributed by atoms with Gasteiger partial charge in [0.2, 0.25) is 5.91 Å². The topological polar surface area (TPSA) is 228 Å². The van der Waals surface area contributed by atoms with Crippen LogP contribution in [0.2, 0.25) is 0 Å². The highest BCUT2D eigenvalue weighted by molar-refractivity contribution is 5.76. The average Bonchev–Trinajstić information content (AvgIpc) is 2.93. The van der Waals surface area contributed by atoms with Crippen molar-refractivity contribution in [2.75, 3.05) is 19.8 Å². The second-order valence-corrected chi connectivity index (χ2v) is 23.9. The molecule has 0 radical (unpaired) electrons. The monoisotopic (exact) mass is 1200 g/mol. The lowest BCUT2D eigenvalue weighted by atomic mass is 9.97. The number of rotatable bonds is 55. The lowest BCUT2D eigenvalue weighted by Gasteiger charge is -2.46. The van der Waals surface area contributed by atoms with Gasteiger partial charge in [0, 0.05) is 6.42 Å². The molecule has 12 unspecified atom stereocenters. The molecule has 0 aliphatic carbocycles. The molecule has 14 heteroatoms. The Morgan fingerprint density at radius 1 is 0.424 bits per heavy atom. The van der Waals surface area contributed by atoms with Gasteiger partial charge in [0.15, 0.2) is 12.6 Å². The molecule has 0 bridgehead atoms. The fourth-order valence-corrected chi connectivity index (χ4v) is 10.9. The van der Waals surface area contributed by atoms with Gasteiger partial charge in [-0.25, -0.2) is 0 Å². The minimum Gasteiger partial charge on any atom is -0.394 e. The molecule has 0 aromatic rings. The van der Waals surface area contributed by atoms with E-state index in [0.717, 1.165) is 70.6 Å². The quantitative estimate of drug-likeness (QED) is 0.0204. The van der Waals surface area contributed by atoms with Crippen LogP contribution in [-0.4, -0.2) is 140 Å². The third kappa shape index (κ3) is 39.7. The largest absolute Gasteiger partial charge is 0.394 e. The number of carbonyl (C=O) groups excluding carboxylic acids is 1. The highest BCUT2D eigenvalue weighted by Gasteiger charge is 2.51. The van der Waals surface area contributed by atoms with Gasteiger partial charge >= 0.3 is 0 Å². The van der Waals surface area contributed by atoms with Crippen LogP contribution in [0.25, 0.3) is 0 Å². The van der Waals surface area contributed by atoms with Crippen LogP contribution in [-0.2, 0) is 23.7 Å². The molecule has 2 heterocycles. The van der Waals surface area contributed by atoms with Gasteiger partial charge in [-0.2, -0.15) is 0 Å². The number of unbranched alkanes of at least 4 members (excludes halogenated alkanes) is 30. The van der Waals surface area contributed by atoms with E-state index in [1.807, 2.05) is 6.08 Å². The second-order valence-electron chi connectivity index (χ2n) is 23.9. The maximum Gasteiger partial charge on any atom is 0.220 e. The summed E-state index contributed by atoms with van der Waals surface area (Å²) in [5.74, 6) is -0.254. The van der Waals surface area contributed by atoms with Crippen LogP contribution < -0.4 is 5.32 Å². The van der Waals surface area contributed by atoms with Crippen LogP contribution in [0.4, 0.5) is 0 Å². The molecule has 14 nitrogen and oxygen atoms in total. The number of nitrogens with one attached hydrogen (secondary N) is 1. The minimum absolute atomic E-state index is 0.254. The molecule has 2 aliphatic heterocycles. The summed E-state index contributed by atoms with van der Waals surface area (Å²) >= 11 is 0. The van der Waals surface area contributed by atoms with Crippen LogP contribution in [0.15, 0.2) is 85.1 Å². The van der Waals surface area contributed by atoms with Crippen LogP contribution >= 0.6 is 0 Å². The number of allylic oxidation sites excluding steroid dienone is 13. The predicted octanol–water partition coefficient (Wildman–Crippen LogP) is 13.6. The number of aliphatic hydroxyl groups is 8. The Bertz CT molecular complexity index is 1750. The molecule has 492 valence electrons. The van der Waals surface area contributed by atoms with Crippen molar-refractivity contribution in [3.8, 4) is 0 Å². The van der Waals surface area contributed by atoms with Crippen molar-refractivity contribution in [1.29, 1.82) is 0 Å². The Kier molecular flexibility index (Phi) is 50.9. The Morgan fingerprint density at radius 3 is 1.25 bits per heavy atom. The zero-order valence-electron chi connectivity index (χ0n) is 53.3. The SMILES string of the molecule is CC/C=C\C/C=C\C/C=C\C/C=C\CCCCCCCCCCCCCCCCCCCCCCCCCCCCCCC(=O)NC(COC1OC(CO)C(OC2OC(CO)C(O)C(O)C2O)C(O)C1O)C(O)/C=C/CC/C=C/CC/C=C/CC. The highest BCUT2D eigenvalue weighted by Crippen LogP contribution is 2.30. The second kappa shape index (κ2) is 55.3. The lowest BCUT2D eigenvalue weighted by Crippen LogP contribution is -2.65. The van der Waals surface area contributed by atoms with Crippen LogP contribution in [0.5, 0.6) is 0 Å². The van der Waals surface area contributed by atoms with Crippen molar-refractivity contribution in [2.24, 2.45) is 0 Å². The molecule has 12 atom stereocenters. The maximum atomic E-state index is 13.2. The van der Waals surface area contributed by atoms with Gasteiger partial charge in [-0.1, -0.05) is 266 Å². The molecule has 2 saturated heterocycles. The van der Waals surface area contributed by atoms with Crippen molar-refractivity contribution >= 4 is 5.91 Å². The van der Waals surface area contributed by atoms with E-state index in [9.17, 15) is 45.6 Å². The molecule has 0 aromatic heterocycles. The van der Waals surface area contributed by atoms with Gasteiger partial charge in [0.1, 0.15) is 48.8 Å². The van der Waals surface area contributed by atoms with Crippen molar-refractivity contribution in [2.45, 2.75) is 338 Å². The zero-order valence-corrected chi connectivity index (χ0v) is 53.3. The molecule has 2 aliphatic rings. The maximum absolute atomic E-state index is 13.2. The van der Waals surface area contributed by atoms with E-state index in [1.54, 1.807) is 6.08 Å². The van der Waals surface area contributed by atoms with E-state index >= 15 is 0 Å². The van der Waals surface area contributed by atoms with Gasteiger partial charge < -0.3 is 65.1 Å². The summed E-state index contributed by atoms with van der Waals surface area (Å²) in [6, 6.07) is -0.937. The molecule has 1 amide bonds. The number of hydrogen-bond donors (Lipinski definition) is 9. The van der Waals surface area contributed by atoms with Crippen molar-refractivity contribution < 1.29 is 64.6 Å². The highest BCUT2D eigenvalue weighted by atomic mass is 16.7. The average molecular weight is 1200 g/mol. The first-order valence-corrected chi connectivity index (χ1v) is 34.3. The van der Waals surface area contributed by atoms with Crippen LogP contribution in [0, 0.1) is 0 Å². The zero-order chi connectivity index (χ0) is 61.6. The van der Waals surface area contributed by atoms with E-state index in [0.29, 0.717) is 12.8 Å². The van der Waals surface area contributed by atoms with Crippen LogP contribution in [0.3, 0.4) is 0 Å². The molecular weight excluding hydrogens is 1070 g/mol. The number of aliphatic hydroxyl groups excluding tert-OH is 8. The first-order valence-electron chi connectivity index (χ1n) is 34.3. The number of ether oxygens (including phenoxy) is 4. The predicted molar refractivity (Wildman–Crippen MR) is 346 cm³/mol. The smallest absolute Gasteiger partial charge is 0.220 e. The molecule has 2 fully saturated rings. The molecular formula is C71H125NO13. The molecule has 2 rings (SSSR count). The van der Waals surface area contributed by atoms with Gasteiger partial charge in [-0.15, -0.1) is 0 Å². The fraction of sp³-hybridized carbons (Fsp3) is 0.789. The van der Waals surface area contributed by atoms with E-state index in [1.165, 1.54) is 161 Å². The van der Waals surface area contributed by atoms with Gasteiger partial charge in [-0.3, -0.25) is 4.79 Å². The Hall–Kier alpha value is -2.83. The normalized spacial score (nSPS) is 24.1. The molecule has 85 heavy (non-hydrogen) atoms. The Labute approximate surface area is 516 Å². The summed E-state index contributed by atoms with van der Waals surface area (Å²) < 4.78 is 22.7. The minimum atomic E-state index is -1.79. The Balaban J connectivity index is 1.51.